The largest absolute Gasteiger partial charge is 0.459 e. The van der Waals surface area contributed by atoms with Gasteiger partial charge in [0, 0.05) is 0 Å². The molecule has 3 aromatic rings. The minimum atomic E-state index is -1.85. The van der Waals surface area contributed by atoms with Crippen molar-refractivity contribution in [2.24, 2.45) is 0 Å². The Kier molecular flexibility index (Phi) is 9.85. The second-order valence-corrected chi connectivity index (χ2v) is 8.86. The van der Waals surface area contributed by atoms with Gasteiger partial charge in [-0.15, -0.1) is 11.6 Å². The van der Waals surface area contributed by atoms with Gasteiger partial charge in [0.1, 0.15) is 18.6 Å². The van der Waals surface area contributed by atoms with Crippen molar-refractivity contribution in [3.8, 4) is 0 Å². The van der Waals surface area contributed by atoms with Crippen LogP contribution in [0.4, 0.5) is 0 Å². The standard InChI is InChI=1S/C29H25ClO10/c30-16-22(31)38-23-21(17-36-26(32)18-10-4-1-5-11-18)37-29(35)25(40-28(34)20-14-8-3-9-15-20)24(23)39-27(33)19-12-6-2-7-13-19/h1-15,21,23-25,29,35H,16-17H2/t21-,23-,24+,25-,29-/m1/s1. The Labute approximate surface area is 234 Å². The highest BCUT2D eigenvalue weighted by molar-refractivity contribution is 6.26. The van der Waals surface area contributed by atoms with Crippen molar-refractivity contribution in [1.29, 1.82) is 0 Å². The van der Waals surface area contributed by atoms with Gasteiger partial charge in [0.15, 0.2) is 24.6 Å². The van der Waals surface area contributed by atoms with Gasteiger partial charge >= 0.3 is 23.9 Å². The van der Waals surface area contributed by atoms with Gasteiger partial charge in [0.2, 0.25) is 0 Å². The van der Waals surface area contributed by atoms with Gasteiger partial charge in [-0.05, 0) is 36.4 Å². The van der Waals surface area contributed by atoms with Gasteiger partial charge in [-0.2, -0.15) is 0 Å². The Morgan fingerprint density at radius 2 is 1.10 bits per heavy atom. The number of aliphatic hydroxyl groups excluding tert-OH is 1. The summed E-state index contributed by atoms with van der Waals surface area (Å²) in [7, 11) is 0. The molecule has 0 aromatic heterocycles. The van der Waals surface area contributed by atoms with Crippen LogP contribution in [0.25, 0.3) is 0 Å². The summed E-state index contributed by atoms with van der Waals surface area (Å²) in [5.74, 6) is -3.90. The normalized spacial score (nSPS) is 22.0. The van der Waals surface area contributed by atoms with Crippen molar-refractivity contribution in [3.63, 3.8) is 0 Å². The first kappa shape index (κ1) is 28.8. The zero-order chi connectivity index (χ0) is 28.5. The van der Waals surface area contributed by atoms with Crippen molar-refractivity contribution in [3.05, 3.63) is 108 Å². The summed E-state index contributed by atoms with van der Waals surface area (Å²) >= 11 is 5.66. The zero-order valence-corrected chi connectivity index (χ0v) is 21.7. The van der Waals surface area contributed by atoms with Crippen LogP contribution in [0.2, 0.25) is 0 Å². The molecule has 0 aliphatic carbocycles. The van der Waals surface area contributed by atoms with E-state index in [1.54, 1.807) is 54.6 Å². The van der Waals surface area contributed by atoms with Crippen molar-refractivity contribution in [2.75, 3.05) is 12.5 Å². The van der Waals surface area contributed by atoms with E-state index in [1.807, 2.05) is 0 Å². The summed E-state index contributed by atoms with van der Waals surface area (Å²) in [6, 6.07) is 23.9. The van der Waals surface area contributed by atoms with E-state index in [0.29, 0.717) is 0 Å². The minimum absolute atomic E-state index is 0.145. The molecule has 11 heteroatoms. The first-order valence-electron chi connectivity index (χ1n) is 12.2. The molecule has 0 amide bonds. The molecule has 208 valence electrons. The number of carbonyl (C=O) groups excluding carboxylic acids is 4. The molecular weight excluding hydrogens is 544 g/mol. The molecule has 40 heavy (non-hydrogen) atoms. The number of hydrogen-bond donors (Lipinski definition) is 1. The third kappa shape index (κ3) is 7.23. The maximum atomic E-state index is 13.0. The van der Waals surface area contributed by atoms with E-state index in [-0.39, 0.29) is 16.7 Å². The van der Waals surface area contributed by atoms with E-state index >= 15 is 0 Å². The second-order valence-electron chi connectivity index (χ2n) is 8.59. The average molecular weight is 569 g/mol. The molecule has 0 unspecified atom stereocenters. The van der Waals surface area contributed by atoms with Gasteiger partial charge in [0.05, 0.1) is 16.7 Å². The number of ether oxygens (including phenoxy) is 5. The monoisotopic (exact) mass is 568 g/mol. The molecule has 0 spiro atoms. The van der Waals surface area contributed by atoms with E-state index in [1.165, 1.54) is 36.4 Å². The molecule has 3 aromatic carbocycles. The van der Waals surface area contributed by atoms with Crippen LogP contribution in [0.5, 0.6) is 0 Å². The molecule has 1 fully saturated rings. The summed E-state index contributed by atoms with van der Waals surface area (Å²) in [6.07, 6.45) is -7.87. The summed E-state index contributed by atoms with van der Waals surface area (Å²) in [6.45, 7) is -0.510. The van der Waals surface area contributed by atoms with Crippen LogP contribution in [0, 0.1) is 0 Å². The van der Waals surface area contributed by atoms with Crippen LogP contribution in [0.15, 0.2) is 91.0 Å². The maximum Gasteiger partial charge on any atom is 0.338 e. The summed E-state index contributed by atoms with van der Waals surface area (Å²) in [4.78, 5) is 50.7. The lowest BCUT2D eigenvalue weighted by Crippen LogP contribution is -2.62. The van der Waals surface area contributed by atoms with Gasteiger partial charge in [-0.1, -0.05) is 54.6 Å². The Morgan fingerprint density at radius 3 is 1.57 bits per heavy atom. The molecule has 0 radical (unpaired) electrons. The Bertz CT molecular complexity index is 1300. The van der Waals surface area contributed by atoms with Gasteiger partial charge < -0.3 is 28.8 Å². The fourth-order valence-electron chi connectivity index (χ4n) is 3.96. The Balaban J connectivity index is 1.63. The number of aliphatic hydroxyl groups is 1. The fourth-order valence-corrected chi connectivity index (χ4v) is 4.02. The molecule has 1 aliphatic heterocycles. The Hall–Kier alpha value is -4.25. The minimum Gasteiger partial charge on any atom is -0.459 e. The maximum absolute atomic E-state index is 13.0. The predicted octanol–water partition coefficient (Wildman–Crippen LogP) is 3.16. The average Bonchev–Trinajstić information content (AvgIpc) is 3.00. The van der Waals surface area contributed by atoms with E-state index < -0.39 is 67.1 Å². The van der Waals surface area contributed by atoms with Crippen LogP contribution in [-0.2, 0) is 28.5 Å². The highest BCUT2D eigenvalue weighted by Gasteiger charge is 2.52. The molecule has 1 saturated heterocycles. The second kappa shape index (κ2) is 13.7. The summed E-state index contributed by atoms with van der Waals surface area (Å²) < 4.78 is 27.5. The predicted molar refractivity (Wildman–Crippen MR) is 139 cm³/mol. The third-order valence-corrected chi connectivity index (χ3v) is 6.10. The molecule has 4 rings (SSSR count). The number of hydrogen-bond acceptors (Lipinski definition) is 10. The molecule has 1 heterocycles. The van der Waals surface area contributed by atoms with Crippen LogP contribution in [-0.4, -0.2) is 72.2 Å². The van der Waals surface area contributed by atoms with E-state index in [9.17, 15) is 24.3 Å². The lowest BCUT2D eigenvalue weighted by Gasteiger charge is -2.42. The molecule has 1 N–H and O–H groups in total. The lowest BCUT2D eigenvalue weighted by molar-refractivity contribution is -0.287. The van der Waals surface area contributed by atoms with Gasteiger partial charge in [0.25, 0.3) is 0 Å². The molecule has 1 aliphatic rings. The topological polar surface area (TPSA) is 135 Å². The number of carbonyl (C=O) groups is 4. The van der Waals surface area contributed by atoms with Crippen LogP contribution < -0.4 is 0 Å². The first-order valence-corrected chi connectivity index (χ1v) is 12.7. The first-order chi connectivity index (χ1) is 19.4. The smallest absolute Gasteiger partial charge is 0.338 e. The third-order valence-electron chi connectivity index (χ3n) is 5.88. The quantitative estimate of drug-likeness (QED) is 0.233. The van der Waals surface area contributed by atoms with Crippen LogP contribution in [0.1, 0.15) is 31.1 Å². The molecular formula is C29H25ClO10. The van der Waals surface area contributed by atoms with Crippen molar-refractivity contribution >= 4 is 35.5 Å². The van der Waals surface area contributed by atoms with Crippen molar-refractivity contribution < 1.29 is 48.0 Å². The van der Waals surface area contributed by atoms with E-state index in [0.717, 1.165) is 0 Å². The Morgan fingerprint density at radius 1 is 0.650 bits per heavy atom. The molecule has 0 bridgehead atoms. The van der Waals surface area contributed by atoms with E-state index in [2.05, 4.69) is 0 Å². The molecule has 10 nitrogen and oxygen atoms in total. The number of rotatable bonds is 9. The SMILES string of the molecule is O=C(CCl)O[C@H]1[C@H](OC(=O)c2ccccc2)[C@@H](OC(=O)c2ccccc2)[C@H](O)O[C@@H]1COC(=O)c1ccccc1. The van der Waals surface area contributed by atoms with Crippen LogP contribution in [0.3, 0.4) is 0 Å². The fraction of sp³-hybridized carbons (Fsp3) is 0.241. The lowest BCUT2D eigenvalue weighted by atomic mass is 9.98. The number of esters is 4. The van der Waals surface area contributed by atoms with Gasteiger partial charge in [-0.25, -0.2) is 14.4 Å². The highest BCUT2D eigenvalue weighted by atomic mass is 35.5. The van der Waals surface area contributed by atoms with E-state index in [4.69, 9.17) is 35.3 Å². The zero-order valence-electron chi connectivity index (χ0n) is 21.0. The number of benzene rings is 3. The highest BCUT2D eigenvalue weighted by Crippen LogP contribution is 2.29. The molecule has 5 atom stereocenters. The molecule has 0 saturated carbocycles. The van der Waals surface area contributed by atoms with Gasteiger partial charge in [-0.3, -0.25) is 4.79 Å². The summed E-state index contributed by atoms with van der Waals surface area (Å²) in [5.41, 5.74) is 0.539. The van der Waals surface area contributed by atoms with Crippen molar-refractivity contribution in [2.45, 2.75) is 30.7 Å². The van der Waals surface area contributed by atoms with Crippen molar-refractivity contribution in [1.82, 2.24) is 0 Å². The summed E-state index contributed by atoms with van der Waals surface area (Å²) in [5, 5.41) is 10.9. The number of alkyl halides is 1. The number of halogens is 1. The van der Waals surface area contributed by atoms with Crippen LogP contribution >= 0.6 is 11.6 Å².